The number of benzene rings is 3. The Bertz CT molecular complexity index is 1390. The van der Waals surface area contributed by atoms with Gasteiger partial charge in [0.2, 0.25) is 21.8 Å². The van der Waals surface area contributed by atoms with Gasteiger partial charge in [-0.15, -0.1) is 0 Å². The molecule has 0 bridgehead atoms. The Morgan fingerprint density at radius 3 is 2.21 bits per heavy atom. The van der Waals surface area contributed by atoms with Crippen LogP contribution in [0.3, 0.4) is 0 Å². The lowest BCUT2D eigenvalue weighted by molar-refractivity contribution is -0.140. The van der Waals surface area contributed by atoms with E-state index in [1.54, 1.807) is 24.3 Å². The van der Waals surface area contributed by atoms with Crippen LogP contribution in [0.1, 0.15) is 25.0 Å². The summed E-state index contributed by atoms with van der Waals surface area (Å²) in [5.74, 6) is -1.65. The van der Waals surface area contributed by atoms with Gasteiger partial charge in [-0.3, -0.25) is 13.9 Å². The summed E-state index contributed by atoms with van der Waals surface area (Å²) in [6.07, 6.45) is 1.10. The molecule has 0 saturated heterocycles. The van der Waals surface area contributed by atoms with E-state index in [1.807, 2.05) is 44.2 Å². The fraction of sp³-hybridized carbons (Fsp3) is 0.310. The van der Waals surface area contributed by atoms with Crippen LogP contribution in [0.4, 0.5) is 10.1 Å². The number of nitrogens with zero attached hydrogens (tertiary/aromatic N) is 2. The van der Waals surface area contributed by atoms with Crippen LogP contribution in [-0.4, -0.2) is 50.5 Å². The molecule has 0 spiro atoms. The maximum Gasteiger partial charge on any atom is 0.244 e. The van der Waals surface area contributed by atoms with Crippen molar-refractivity contribution in [3.63, 3.8) is 0 Å². The van der Waals surface area contributed by atoms with E-state index in [9.17, 15) is 22.4 Å². The van der Waals surface area contributed by atoms with E-state index in [0.29, 0.717) is 17.1 Å². The molecule has 0 heterocycles. The predicted molar refractivity (Wildman–Crippen MR) is 152 cm³/mol. The summed E-state index contributed by atoms with van der Waals surface area (Å²) in [4.78, 5) is 28.8. The average Bonchev–Trinajstić information content (AvgIpc) is 2.88. The molecule has 2 amide bonds. The molecule has 0 fully saturated rings. The molecule has 0 saturated carbocycles. The highest BCUT2D eigenvalue weighted by molar-refractivity contribution is 7.92. The summed E-state index contributed by atoms with van der Waals surface area (Å²) in [7, 11) is -4.05. The largest absolute Gasteiger partial charge is 0.354 e. The van der Waals surface area contributed by atoms with Gasteiger partial charge in [0.05, 0.1) is 11.9 Å². The Morgan fingerprint density at radius 2 is 1.59 bits per heavy atom. The van der Waals surface area contributed by atoms with E-state index in [0.717, 1.165) is 22.2 Å². The molecule has 0 aromatic heterocycles. The van der Waals surface area contributed by atoms with Crippen LogP contribution in [0, 0.1) is 11.7 Å². The van der Waals surface area contributed by atoms with E-state index >= 15 is 0 Å². The first-order valence-electron chi connectivity index (χ1n) is 12.5. The van der Waals surface area contributed by atoms with Gasteiger partial charge in [-0.1, -0.05) is 80.0 Å². The second-order valence-corrected chi connectivity index (χ2v) is 12.1. The van der Waals surface area contributed by atoms with Crippen LogP contribution in [0.25, 0.3) is 0 Å². The van der Waals surface area contributed by atoms with Crippen LogP contribution < -0.4 is 9.62 Å². The lowest BCUT2D eigenvalue weighted by atomic mass is 10.0. The number of hydrogen-bond donors (Lipinski definition) is 1. The van der Waals surface area contributed by atoms with Crippen molar-refractivity contribution < 1.29 is 22.4 Å². The molecule has 1 unspecified atom stereocenters. The Morgan fingerprint density at radius 1 is 0.949 bits per heavy atom. The van der Waals surface area contributed by atoms with Crippen molar-refractivity contribution in [2.24, 2.45) is 5.92 Å². The minimum Gasteiger partial charge on any atom is -0.354 e. The first kappa shape index (κ1) is 30.1. The van der Waals surface area contributed by atoms with Gasteiger partial charge in [0.1, 0.15) is 18.4 Å². The van der Waals surface area contributed by atoms with Gasteiger partial charge < -0.3 is 10.2 Å². The van der Waals surface area contributed by atoms with E-state index < -0.39 is 34.3 Å². The van der Waals surface area contributed by atoms with E-state index in [4.69, 9.17) is 11.6 Å². The number of para-hydroxylation sites is 1. The normalized spacial score (nSPS) is 12.2. The lowest BCUT2D eigenvalue weighted by Crippen LogP contribution is -2.53. The molecule has 0 aliphatic rings. The van der Waals surface area contributed by atoms with Gasteiger partial charge in [0.15, 0.2) is 0 Å². The number of carbonyl (C=O) groups excluding carboxylic acids is 2. The van der Waals surface area contributed by atoms with Gasteiger partial charge in [0.25, 0.3) is 0 Å². The molecule has 0 aliphatic heterocycles. The quantitative estimate of drug-likeness (QED) is 0.341. The highest BCUT2D eigenvalue weighted by Gasteiger charge is 2.33. The maximum absolute atomic E-state index is 14.7. The van der Waals surface area contributed by atoms with E-state index in [1.165, 1.54) is 23.1 Å². The predicted octanol–water partition coefficient (Wildman–Crippen LogP) is 4.66. The standard InChI is InChI=1S/C29H33ClFN3O4S/c1-21(2)18-32-29(36)27(17-22-10-5-4-6-11-22)33(19-23-12-9-13-24(30)16-23)28(35)20-34(39(3,37)38)26-15-8-7-14-25(26)31/h4-16,21,27H,17-20H2,1-3H3,(H,32,36). The molecule has 208 valence electrons. The molecule has 1 atom stereocenters. The minimum atomic E-state index is -4.05. The molecule has 3 aromatic rings. The molecule has 0 radical (unpaired) electrons. The van der Waals surface area contributed by atoms with Crippen molar-refractivity contribution in [1.82, 2.24) is 10.2 Å². The number of anilines is 1. The minimum absolute atomic E-state index is 0.0130. The van der Waals surface area contributed by atoms with Crippen LogP contribution >= 0.6 is 11.6 Å². The first-order chi connectivity index (χ1) is 18.5. The molecule has 3 aromatic carbocycles. The zero-order valence-electron chi connectivity index (χ0n) is 22.2. The average molecular weight is 574 g/mol. The second-order valence-electron chi connectivity index (χ2n) is 9.72. The van der Waals surface area contributed by atoms with Crippen molar-refractivity contribution in [3.8, 4) is 0 Å². The molecule has 10 heteroatoms. The highest BCUT2D eigenvalue weighted by atomic mass is 35.5. The van der Waals surface area contributed by atoms with Gasteiger partial charge in [-0.2, -0.15) is 0 Å². The third kappa shape index (κ3) is 8.80. The zero-order chi connectivity index (χ0) is 28.6. The second kappa shape index (κ2) is 13.6. The SMILES string of the molecule is CC(C)CNC(=O)C(Cc1ccccc1)N(Cc1cccc(Cl)c1)C(=O)CN(c1ccccc1F)S(C)(=O)=O. The fourth-order valence-electron chi connectivity index (χ4n) is 4.06. The van der Waals surface area contributed by atoms with E-state index in [-0.39, 0.29) is 30.5 Å². The lowest BCUT2D eigenvalue weighted by Gasteiger charge is -2.33. The number of halogens is 2. The number of sulfonamides is 1. The molecule has 1 N–H and O–H groups in total. The van der Waals surface area contributed by atoms with Crippen molar-refractivity contribution in [2.45, 2.75) is 32.9 Å². The van der Waals surface area contributed by atoms with Gasteiger partial charge >= 0.3 is 0 Å². The smallest absolute Gasteiger partial charge is 0.244 e. The molecule has 3 rings (SSSR count). The Kier molecular flexibility index (Phi) is 10.5. The van der Waals surface area contributed by atoms with Crippen LogP contribution in [0.15, 0.2) is 78.9 Å². The topological polar surface area (TPSA) is 86.8 Å². The van der Waals surface area contributed by atoms with Gasteiger partial charge in [-0.05, 0) is 41.3 Å². The van der Waals surface area contributed by atoms with Gasteiger partial charge in [-0.25, -0.2) is 12.8 Å². The summed E-state index contributed by atoms with van der Waals surface area (Å²) in [6, 6.07) is 20.5. The van der Waals surface area contributed by atoms with Crippen molar-refractivity contribution in [3.05, 3.63) is 101 Å². The first-order valence-corrected chi connectivity index (χ1v) is 14.8. The number of rotatable bonds is 12. The summed E-state index contributed by atoms with van der Waals surface area (Å²) < 4.78 is 40.8. The molecule has 39 heavy (non-hydrogen) atoms. The third-order valence-corrected chi connectivity index (χ3v) is 7.36. The summed E-state index contributed by atoms with van der Waals surface area (Å²) in [5.41, 5.74) is 1.22. The van der Waals surface area contributed by atoms with Crippen LogP contribution in [0.5, 0.6) is 0 Å². The monoisotopic (exact) mass is 573 g/mol. The fourth-order valence-corrected chi connectivity index (χ4v) is 5.12. The highest BCUT2D eigenvalue weighted by Crippen LogP contribution is 2.23. The van der Waals surface area contributed by atoms with Crippen LogP contribution in [-0.2, 0) is 32.6 Å². The molecular weight excluding hydrogens is 541 g/mol. The van der Waals surface area contributed by atoms with E-state index in [2.05, 4.69) is 5.32 Å². The molecule has 7 nitrogen and oxygen atoms in total. The number of hydrogen-bond acceptors (Lipinski definition) is 4. The zero-order valence-corrected chi connectivity index (χ0v) is 23.8. The molecular formula is C29H33ClFN3O4S. The summed E-state index contributed by atoms with van der Waals surface area (Å²) >= 11 is 6.19. The van der Waals surface area contributed by atoms with Gasteiger partial charge in [0, 0.05) is 24.5 Å². The number of amides is 2. The van der Waals surface area contributed by atoms with Crippen molar-refractivity contribution in [1.29, 1.82) is 0 Å². The third-order valence-electron chi connectivity index (χ3n) is 6.00. The van der Waals surface area contributed by atoms with Crippen molar-refractivity contribution in [2.75, 3.05) is 23.7 Å². The summed E-state index contributed by atoms with van der Waals surface area (Å²) in [5, 5.41) is 3.36. The summed E-state index contributed by atoms with van der Waals surface area (Å²) in [6.45, 7) is 3.61. The van der Waals surface area contributed by atoms with Crippen molar-refractivity contribution >= 4 is 39.1 Å². The molecule has 0 aliphatic carbocycles. The Balaban J connectivity index is 2.05. The van der Waals surface area contributed by atoms with Crippen LogP contribution in [0.2, 0.25) is 5.02 Å². The maximum atomic E-state index is 14.7. The number of nitrogens with one attached hydrogen (secondary N) is 1. The Labute approximate surface area is 234 Å². The number of carbonyl (C=O) groups is 2. The Hall–Kier alpha value is -3.43.